The van der Waals surface area contributed by atoms with Crippen molar-refractivity contribution >= 4 is 17.3 Å². The molecule has 0 aliphatic carbocycles. The van der Waals surface area contributed by atoms with E-state index in [1.54, 1.807) is 13.3 Å². The van der Waals surface area contributed by atoms with Crippen LogP contribution in [0, 0.1) is 6.92 Å². The number of carbonyl (C=O) groups is 1. The van der Waals surface area contributed by atoms with Gasteiger partial charge in [0.1, 0.15) is 12.3 Å². The second-order valence-electron chi connectivity index (χ2n) is 5.64. The number of rotatable bonds is 6. The van der Waals surface area contributed by atoms with Crippen LogP contribution in [-0.2, 0) is 4.79 Å². The number of amides is 1. The average molecular weight is 337 g/mol. The van der Waals surface area contributed by atoms with Crippen LogP contribution in [0.1, 0.15) is 5.56 Å². The third kappa shape index (κ3) is 3.63. The van der Waals surface area contributed by atoms with Gasteiger partial charge in [-0.25, -0.2) is 4.98 Å². The lowest BCUT2D eigenvalue weighted by Gasteiger charge is -2.25. The van der Waals surface area contributed by atoms with Crippen LogP contribution in [-0.4, -0.2) is 24.5 Å². The summed E-state index contributed by atoms with van der Waals surface area (Å²) >= 11 is 0. The number of aromatic nitrogens is 1. The minimum atomic E-state index is -0.417. The number of hydrogen-bond donors (Lipinski definition) is 1. The first-order valence-corrected chi connectivity index (χ1v) is 7.78. The number of anilines is 2. The predicted octanol–water partition coefficient (Wildman–Crippen LogP) is 3.28. The fraction of sp³-hybridized carbons (Fsp3) is 0.158. The van der Waals surface area contributed by atoms with Crippen molar-refractivity contribution < 1.29 is 13.9 Å². The van der Waals surface area contributed by atoms with Crippen molar-refractivity contribution in [2.45, 2.75) is 6.92 Å². The van der Waals surface area contributed by atoms with E-state index in [1.807, 2.05) is 54.3 Å². The van der Waals surface area contributed by atoms with Gasteiger partial charge in [-0.15, -0.1) is 0 Å². The van der Waals surface area contributed by atoms with Crippen molar-refractivity contribution in [3.05, 3.63) is 60.6 Å². The monoisotopic (exact) mass is 337 g/mol. The maximum absolute atomic E-state index is 11.6. The largest absolute Gasteiger partial charge is 0.496 e. The van der Waals surface area contributed by atoms with Gasteiger partial charge in [-0.2, -0.15) is 0 Å². The number of hydrogen-bond acceptors (Lipinski definition) is 5. The Labute approximate surface area is 145 Å². The molecule has 25 heavy (non-hydrogen) atoms. The van der Waals surface area contributed by atoms with Crippen LogP contribution in [0.3, 0.4) is 0 Å². The third-order valence-electron chi connectivity index (χ3n) is 3.82. The highest BCUT2D eigenvalue weighted by Crippen LogP contribution is 2.35. The Bertz CT molecular complexity index is 875. The summed E-state index contributed by atoms with van der Waals surface area (Å²) in [4.78, 5) is 17.4. The van der Waals surface area contributed by atoms with Crippen LogP contribution in [0.2, 0.25) is 0 Å². The van der Waals surface area contributed by atoms with Gasteiger partial charge in [0.25, 0.3) is 0 Å². The molecule has 0 aliphatic rings. The zero-order valence-electron chi connectivity index (χ0n) is 14.1. The number of nitrogens with zero attached hydrogens (tertiary/aromatic N) is 2. The molecule has 1 aromatic heterocycles. The normalized spacial score (nSPS) is 10.5. The highest BCUT2D eigenvalue weighted by molar-refractivity contribution is 5.84. The summed E-state index contributed by atoms with van der Waals surface area (Å²) in [6.07, 6.45) is 2.99. The van der Waals surface area contributed by atoms with E-state index >= 15 is 0 Å². The zero-order chi connectivity index (χ0) is 17.8. The Morgan fingerprint density at radius 1 is 1.24 bits per heavy atom. The fourth-order valence-electron chi connectivity index (χ4n) is 2.68. The summed E-state index contributed by atoms with van der Waals surface area (Å²) < 4.78 is 10.8. The summed E-state index contributed by atoms with van der Waals surface area (Å²) in [6, 6.07) is 13.5. The first-order valence-electron chi connectivity index (χ1n) is 7.78. The topological polar surface area (TPSA) is 81.6 Å². The minimum Gasteiger partial charge on any atom is -0.496 e. The number of benzene rings is 2. The maximum atomic E-state index is 11.6. The van der Waals surface area contributed by atoms with Gasteiger partial charge in [0.15, 0.2) is 12.2 Å². The molecule has 0 atom stereocenters. The van der Waals surface area contributed by atoms with Crippen LogP contribution >= 0.6 is 0 Å². The number of methoxy groups -OCH3 is 1. The summed E-state index contributed by atoms with van der Waals surface area (Å²) in [5, 5.41) is 0. The Hall–Kier alpha value is -3.28. The number of primary amides is 1. The molecule has 0 aliphatic heterocycles. The lowest BCUT2D eigenvalue weighted by Crippen LogP contribution is -2.30. The van der Waals surface area contributed by atoms with Crippen molar-refractivity contribution in [1.82, 2.24) is 4.98 Å². The lowest BCUT2D eigenvalue weighted by molar-refractivity contribution is -0.116. The molecular formula is C19H19N3O3. The fourth-order valence-corrected chi connectivity index (χ4v) is 2.68. The van der Waals surface area contributed by atoms with Gasteiger partial charge < -0.3 is 19.8 Å². The van der Waals surface area contributed by atoms with Gasteiger partial charge in [0.05, 0.1) is 18.9 Å². The van der Waals surface area contributed by atoms with Crippen molar-refractivity contribution in [1.29, 1.82) is 0 Å². The zero-order valence-corrected chi connectivity index (χ0v) is 14.1. The molecule has 128 valence electrons. The molecule has 2 N–H and O–H groups in total. The Kier molecular flexibility index (Phi) is 4.70. The molecule has 0 spiro atoms. The SMILES string of the molecule is COc1cc(N(CC(N)=O)c2cccc(C)c2)ccc1-c1cnco1. The molecule has 1 amide bonds. The van der Waals surface area contributed by atoms with E-state index in [0.717, 1.165) is 22.5 Å². The van der Waals surface area contributed by atoms with Crippen LogP contribution in [0.25, 0.3) is 11.3 Å². The Morgan fingerprint density at radius 2 is 2.04 bits per heavy atom. The van der Waals surface area contributed by atoms with Crippen molar-refractivity contribution in [2.75, 3.05) is 18.6 Å². The van der Waals surface area contributed by atoms with Crippen LogP contribution in [0.15, 0.2) is 59.5 Å². The highest BCUT2D eigenvalue weighted by atomic mass is 16.5. The van der Waals surface area contributed by atoms with Gasteiger partial charge in [0.2, 0.25) is 5.91 Å². The summed E-state index contributed by atoms with van der Waals surface area (Å²) in [5.74, 6) is 0.816. The molecule has 0 saturated carbocycles. The molecule has 0 unspecified atom stereocenters. The second kappa shape index (κ2) is 7.09. The minimum absolute atomic E-state index is 0.0638. The Morgan fingerprint density at radius 3 is 2.68 bits per heavy atom. The van der Waals surface area contributed by atoms with Crippen molar-refractivity contribution in [3.8, 4) is 17.1 Å². The van der Waals surface area contributed by atoms with Gasteiger partial charge in [-0.1, -0.05) is 12.1 Å². The van der Waals surface area contributed by atoms with Gasteiger partial charge in [-0.05, 0) is 36.8 Å². The van der Waals surface area contributed by atoms with Crippen LogP contribution in [0.4, 0.5) is 11.4 Å². The molecule has 0 radical (unpaired) electrons. The molecule has 0 saturated heterocycles. The predicted molar refractivity (Wildman–Crippen MR) is 95.9 cm³/mol. The van der Waals surface area contributed by atoms with Crippen LogP contribution in [0.5, 0.6) is 5.75 Å². The van der Waals surface area contributed by atoms with E-state index in [0.29, 0.717) is 11.5 Å². The molecule has 0 fully saturated rings. The number of ether oxygens (including phenoxy) is 1. The number of aryl methyl sites for hydroxylation is 1. The summed E-state index contributed by atoms with van der Waals surface area (Å²) in [5.41, 5.74) is 9.01. The molecule has 0 bridgehead atoms. The smallest absolute Gasteiger partial charge is 0.237 e. The van der Waals surface area contributed by atoms with Crippen molar-refractivity contribution in [2.24, 2.45) is 5.73 Å². The van der Waals surface area contributed by atoms with E-state index in [-0.39, 0.29) is 6.54 Å². The standard InChI is InChI=1S/C19H19N3O3/c1-13-4-3-5-14(8-13)22(11-19(20)23)15-6-7-16(17(9-15)24-2)18-10-21-12-25-18/h3-10,12H,11H2,1-2H3,(H2,20,23). The molecular weight excluding hydrogens is 318 g/mol. The number of nitrogens with two attached hydrogens (primary N) is 1. The van der Waals surface area contributed by atoms with E-state index in [4.69, 9.17) is 14.9 Å². The molecule has 2 aromatic carbocycles. The van der Waals surface area contributed by atoms with Gasteiger partial charge in [0, 0.05) is 17.4 Å². The molecule has 3 rings (SSSR count). The first kappa shape index (κ1) is 16.6. The maximum Gasteiger partial charge on any atom is 0.237 e. The van der Waals surface area contributed by atoms with Crippen molar-refractivity contribution in [3.63, 3.8) is 0 Å². The van der Waals surface area contributed by atoms with E-state index < -0.39 is 5.91 Å². The van der Waals surface area contributed by atoms with Gasteiger partial charge in [-0.3, -0.25) is 4.79 Å². The molecule has 6 heteroatoms. The lowest BCUT2D eigenvalue weighted by atomic mass is 10.1. The molecule has 1 heterocycles. The second-order valence-corrected chi connectivity index (χ2v) is 5.64. The van der Waals surface area contributed by atoms with E-state index in [2.05, 4.69) is 4.98 Å². The first-order chi connectivity index (χ1) is 12.1. The average Bonchev–Trinajstić information content (AvgIpc) is 3.13. The quantitative estimate of drug-likeness (QED) is 0.746. The van der Waals surface area contributed by atoms with E-state index in [1.165, 1.54) is 6.39 Å². The molecule has 6 nitrogen and oxygen atoms in total. The van der Waals surface area contributed by atoms with Crippen LogP contribution < -0.4 is 15.4 Å². The highest BCUT2D eigenvalue weighted by Gasteiger charge is 2.16. The third-order valence-corrected chi connectivity index (χ3v) is 3.82. The number of oxazole rings is 1. The summed E-state index contributed by atoms with van der Waals surface area (Å²) in [6.45, 7) is 2.06. The number of carbonyl (C=O) groups excluding carboxylic acids is 1. The van der Waals surface area contributed by atoms with E-state index in [9.17, 15) is 4.79 Å². The summed E-state index contributed by atoms with van der Waals surface area (Å²) in [7, 11) is 1.59. The molecule has 3 aromatic rings. The Balaban J connectivity index is 2.05. The van der Waals surface area contributed by atoms with Gasteiger partial charge >= 0.3 is 0 Å².